The summed E-state index contributed by atoms with van der Waals surface area (Å²) in [4.78, 5) is 0. The summed E-state index contributed by atoms with van der Waals surface area (Å²) < 4.78 is 16.6. The van der Waals surface area contributed by atoms with Gasteiger partial charge >= 0.3 is 0 Å². The van der Waals surface area contributed by atoms with Crippen molar-refractivity contribution < 1.29 is 14.2 Å². The maximum atomic E-state index is 5.71. The second kappa shape index (κ2) is 11.5. The fraction of sp³-hybridized carbons (Fsp3) is 0.647. The molecule has 0 saturated heterocycles. The van der Waals surface area contributed by atoms with Crippen molar-refractivity contribution in [3.05, 3.63) is 29.8 Å². The second-order valence-corrected chi connectivity index (χ2v) is 4.80. The van der Waals surface area contributed by atoms with Crippen LogP contribution in [0.2, 0.25) is 0 Å². The van der Waals surface area contributed by atoms with Crippen LogP contribution in [0.4, 0.5) is 0 Å². The molecule has 0 radical (unpaired) electrons. The first kappa shape index (κ1) is 18.0. The van der Waals surface area contributed by atoms with Crippen molar-refractivity contribution in [2.24, 2.45) is 0 Å². The van der Waals surface area contributed by atoms with Gasteiger partial charge in [-0.15, -0.1) is 0 Å². The van der Waals surface area contributed by atoms with E-state index in [9.17, 15) is 0 Å². The summed E-state index contributed by atoms with van der Waals surface area (Å²) in [6.45, 7) is 10.6. The Kier molecular flexibility index (Phi) is 9.87. The van der Waals surface area contributed by atoms with E-state index in [4.69, 9.17) is 14.2 Å². The Hall–Kier alpha value is -1.10. The summed E-state index contributed by atoms with van der Waals surface area (Å²) in [5, 5.41) is 3.45. The summed E-state index contributed by atoms with van der Waals surface area (Å²) in [5.41, 5.74) is 1.22. The SMILES string of the molecule is CCCOCCOCC(NCC)c1ccc(OCC)cc1. The summed E-state index contributed by atoms with van der Waals surface area (Å²) in [7, 11) is 0. The van der Waals surface area contributed by atoms with Crippen molar-refractivity contribution in [2.45, 2.75) is 33.2 Å². The standard InChI is InChI=1S/C17H29NO3/c1-4-11-19-12-13-20-14-17(18-5-2)15-7-9-16(10-8-15)21-6-3/h7-10,17-18H,4-6,11-14H2,1-3H3. The van der Waals surface area contributed by atoms with E-state index >= 15 is 0 Å². The van der Waals surface area contributed by atoms with E-state index in [1.807, 2.05) is 19.1 Å². The predicted molar refractivity (Wildman–Crippen MR) is 86.0 cm³/mol. The zero-order valence-corrected chi connectivity index (χ0v) is 13.6. The Morgan fingerprint density at radius 1 is 0.952 bits per heavy atom. The van der Waals surface area contributed by atoms with Crippen molar-refractivity contribution in [2.75, 3.05) is 39.6 Å². The lowest BCUT2D eigenvalue weighted by atomic mass is 10.1. The minimum absolute atomic E-state index is 0.205. The summed E-state index contributed by atoms with van der Waals surface area (Å²) >= 11 is 0. The molecule has 0 aliphatic carbocycles. The van der Waals surface area contributed by atoms with Gasteiger partial charge in [-0.3, -0.25) is 0 Å². The maximum Gasteiger partial charge on any atom is 0.119 e. The molecular formula is C17H29NO3. The first-order valence-electron chi connectivity index (χ1n) is 7.93. The number of hydrogen-bond donors (Lipinski definition) is 1. The molecule has 1 rings (SSSR count). The molecule has 1 N–H and O–H groups in total. The largest absolute Gasteiger partial charge is 0.494 e. The Labute approximate surface area is 128 Å². The van der Waals surface area contributed by atoms with E-state index in [2.05, 4.69) is 31.3 Å². The minimum atomic E-state index is 0.205. The van der Waals surface area contributed by atoms with Gasteiger partial charge in [-0.25, -0.2) is 0 Å². The first-order chi connectivity index (χ1) is 10.3. The van der Waals surface area contributed by atoms with E-state index in [1.54, 1.807) is 0 Å². The molecule has 120 valence electrons. The van der Waals surface area contributed by atoms with Crippen LogP contribution >= 0.6 is 0 Å². The number of likely N-dealkylation sites (N-methyl/N-ethyl adjacent to an activating group) is 1. The maximum absolute atomic E-state index is 5.71. The normalized spacial score (nSPS) is 12.3. The fourth-order valence-corrected chi connectivity index (χ4v) is 2.05. The van der Waals surface area contributed by atoms with Crippen molar-refractivity contribution in [1.82, 2.24) is 5.32 Å². The fourth-order valence-electron chi connectivity index (χ4n) is 2.05. The Morgan fingerprint density at radius 2 is 1.67 bits per heavy atom. The topological polar surface area (TPSA) is 39.7 Å². The molecule has 1 aromatic rings. The summed E-state index contributed by atoms with van der Waals surface area (Å²) in [5.74, 6) is 0.908. The van der Waals surface area contributed by atoms with Gasteiger partial charge in [-0.05, 0) is 37.6 Å². The predicted octanol–water partition coefficient (Wildman–Crippen LogP) is 3.18. The highest BCUT2D eigenvalue weighted by molar-refractivity contribution is 5.29. The average Bonchev–Trinajstić information content (AvgIpc) is 2.51. The summed E-state index contributed by atoms with van der Waals surface area (Å²) in [6, 6.07) is 8.41. The van der Waals surface area contributed by atoms with Gasteiger partial charge < -0.3 is 19.5 Å². The Morgan fingerprint density at radius 3 is 2.29 bits per heavy atom. The molecule has 0 bridgehead atoms. The van der Waals surface area contributed by atoms with Gasteiger partial charge in [-0.1, -0.05) is 26.0 Å². The third-order valence-electron chi connectivity index (χ3n) is 3.05. The number of rotatable bonds is 12. The molecule has 0 fully saturated rings. The molecule has 0 aliphatic rings. The third-order valence-corrected chi connectivity index (χ3v) is 3.05. The van der Waals surface area contributed by atoms with Crippen molar-refractivity contribution in [3.8, 4) is 5.75 Å². The van der Waals surface area contributed by atoms with Crippen LogP contribution < -0.4 is 10.1 Å². The van der Waals surface area contributed by atoms with Crippen LogP contribution in [0, 0.1) is 0 Å². The molecular weight excluding hydrogens is 266 g/mol. The zero-order valence-electron chi connectivity index (χ0n) is 13.6. The van der Waals surface area contributed by atoms with Crippen molar-refractivity contribution in [1.29, 1.82) is 0 Å². The molecule has 0 aromatic heterocycles. The van der Waals surface area contributed by atoms with E-state index in [0.29, 0.717) is 26.4 Å². The quantitative estimate of drug-likeness (QED) is 0.601. The molecule has 1 unspecified atom stereocenters. The van der Waals surface area contributed by atoms with Gasteiger partial charge in [0.15, 0.2) is 0 Å². The molecule has 0 saturated carbocycles. The Balaban J connectivity index is 2.40. The van der Waals surface area contributed by atoms with Gasteiger partial charge in [0.25, 0.3) is 0 Å². The van der Waals surface area contributed by atoms with E-state index in [0.717, 1.165) is 25.3 Å². The van der Waals surface area contributed by atoms with Crippen LogP contribution in [0.1, 0.15) is 38.8 Å². The second-order valence-electron chi connectivity index (χ2n) is 4.80. The van der Waals surface area contributed by atoms with Crippen molar-refractivity contribution in [3.63, 3.8) is 0 Å². The van der Waals surface area contributed by atoms with Crippen molar-refractivity contribution >= 4 is 0 Å². The van der Waals surface area contributed by atoms with Gasteiger partial charge in [-0.2, -0.15) is 0 Å². The summed E-state index contributed by atoms with van der Waals surface area (Å²) in [6.07, 6.45) is 1.05. The van der Waals surface area contributed by atoms with Gasteiger partial charge in [0.2, 0.25) is 0 Å². The average molecular weight is 295 g/mol. The van der Waals surface area contributed by atoms with Gasteiger partial charge in [0.1, 0.15) is 5.75 Å². The highest BCUT2D eigenvalue weighted by Gasteiger charge is 2.10. The third kappa shape index (κ3) is 7.46. The highest BCUT2D eigenvalue weighted by Crippen LogP contribution is 2.18. The molecule has 21 heavy (non-hydrogen) atoms. The van der Waals surface area contributed by atoms with Crippen LogP contribution in [0.15, 0.2) is 24.3 Å². The first-order valence-corrected chi connectivity index (χ1v) is 7.93. The van der Waals surface area contributed by atoms with E-state index < -0.39 is 0 Å². The highest BCUT2D eigenvalue weighted by atomic mass is 16.5. The van der Waals surface area contributed by atoms with Crippen LogP contribution in [-0.2, 0) is 9.47 Å². The lowest BCUT2D eigenvalue weighted by Gasteiger charge is -2.19. The molecule has 0 heterocycles. The number of ether oxygens (including phenoxy) is 3. The Bertz CT molecular complexity index is 354. The van der Waals surface area contributed by atoms with Gasteiger partial charge in [0.05, 0.1) is 32.5 Å². The number of nitrogens with one attached hydrogen (secondary N) is 1. The number of hydrogen-bond acceptors (Lipinski definition) is 4. The molecule has 1 atom stereocenters. The minimum Gasteiger partial charge on any atom is -0.494 e. The molecule has 4 nitrogen and oxygen atoms in total. The van der Waals surface area contributed by atoms with Gasteiger partial charge in [0, 0.05) is 6.61 Å². The van der Waals surface area contributed by atoms with E-state index in [1.165, 1.54) is 5.56 Å². The van der Waals surface area contributed by atoms with Crippen LogP contribution in [0.3, 0.4) is 0 Å². The van der Waals surface area contributed by atoms with E-state index in [-0.39, 0.29) is 6.04 Å². The molecule has 1 aromatic carbocycles. The van der Waals surface area contributed by atoms with Crippen LogP contribution in [-0.4, -0.2) is 39.6 Å². The molecule has 0 amide bonds. The number of benzene rings is 1. The molecule has 4 heteroatoms. The zero-order chi connectivity index (χ0) is 15.3. The lowest BCUT2D eigenvalue weighted by molar-refractivity contribution is 0.0393. The lowest BCUT2D eigenvalue weighted by Crippen LogP contribution is -2.26. The smallest absolute Gasteiger partial charge is 0.119 e. The van der Waals surface area contributed by atoms with Crippen LogP contribution in [0.5, 0.6) is 5.75 Å². The monoisotopic (exact) mass is 295 g/mol. The van der Waals surface area contributed by atoms with Crippen LogP contribution in [0.25, 0.3) is 0 Å². The molecule has 0 spiro atoms. The molecule has 0 aliphatic heterocycles.